The van der Waals surface area contributed by atoms with Crippen LogP contribution in [0.4, 0.5) is 0 Å². The summed E-state index contributed by atoms with van der Waals surface area (Å²) < 4.78 is 0. The van der Waals surface area contributed by atoms with Gasteiger partial charge in [-0.1, -0.05) is 40.9 Å². The fourth-order valence-electron chi connectivity index (χ4n) is 1.82. The Kier molecular flexibility index (Phi) is 3.62. The second kappa shape index (κ2) is 4.85. The first kappa shape index (κ1) is 12.7. The van der Waals surface area contributed by atoms with Gasteiger partial charge in [0.2, 0.25) is 0 Å². The molecule has 2 rings (SSSR count). The van der Waals surface area contributed by atoms with Crippen molar-refractivity contribution in [2.45, 2.75) is 13.8 Å². The molecular formula is C13H10Cl3N. The van der Waals surface area contributed by atoms with E-state index in [2.05, 4.69) is 4.98 Å². The smallest absolute Gasteiger partial charge is 0.0784 e. The van der Waals surface area contributed by atoms with Gasteiger partial charge in [0.05, 0.1) is 15.1 Å². The second-order valence-electron chi connectivity index (χ2n) is 3.81. The molecule has 0 saturated carbocycles. The van der Waals surface area contributed by atoms with Gasteiger partial charge < -0.3 is 0 Å². The van der Waals surface area contributed by atoms with E-state index >= 15 is 0 Å². The van der Waals surface area contributed by atoms with Gasteiger partial charge in [-0.3, -0.25) is 4.98 Å². The van der Waals surface area contributed by atoms with Gasteiger partial charge in [-0.2, -0.15) is 0 Å². The monoisotopic (exact) mass is 285 g/mol. The molecule has 0 atom stereocenters. The highest BCUT2D eigenvalue weighted by molar-refractivity contribution is 6.49. The number of hydrogen-bond acceptors (Lipinski definition) is 1. The van der Waals surface area contributed by atoms with Gasteiger partial charge in [-0.05, 0) is 31.5 Å². The summed E-state index contributed by atoms with van der Waals surface area (Å²) in [6.45, 7) is 3.96. The van der Waals surface area contributed by atoms with Crippen molar-refractivity contribution < 1.29 is 0 Å². The van der Waals surface area contributed by atoms with Gasteiger partial charge >= 0.3 is 0 Å². The first-order valence-electron chi connectivity index (χ1n) is 5.08. The first-order chi connectivity index (χ1) is 8.02. The molecule has 0 amide bonds. The lowest BCUT2D eigenvalue weighted by Gasteiger charge is -2.12. The van der Waals surface area contributed by atoms with Crippen LogP contribution >= 0.6 is 34.8 Å². The quantitative estimate of drug-likeness (QED) is 0.646. The average molecular weight is 287 g/mol. The number of pyridine rings is 1. The standard InChI is InChI=1S/C13H10Cl3N/c1-7-5-6-17-8(2)11(7)9-3-4-10(14)13(16)12(9)15/h3-6H,1-2H3. The zero-order chi connectivity index (χ0) is 12.6. The van der Waals surface area contributed by atoms with E-state index in [1.165, 1.54) is 0 Å². The molecule has 0 bridgehead atoms. The number of halogens is 3. The predicted octanol–water partition coefficient (Wildman–Crippen LogP) is 5.33. The van der Waals surface area contributed by atoms with E-state index in [1.807, 2.05) is 26.0 Å². The largest absolute Gasteiger partial charge is 0.261 e. The van der Waals surface area contributed by atoms with E-state index < -0.39 is 0 Å². The summed E-state index contributed by atoms with van der Waals surface area (Å²) in [6.07, 6.45) is 1.78. The summed E-state index contributed by atoms with van der Waals surface area (Å²) in [5.41, 5.74) is 3.91. The van der Waals surface area contributed by atoms with Crippen LogP contribution in [0.15, 0.2) is 24.4 Å². The second-order valence-corrected chi connectivity index (χ2v) is 4.97. The van der Waals surface area contributed by atoms with Crippen LogP contribution in [0.3, 0.4) is 0 Å². The van der Waals surface area contributed by atoms with Crippen LogP contribution in [0.2, 0.25) is 15.1 Å². The van der Waals surface area contributed by atoms with Crippen molar-refractivity contribution in [3.05, 3.63) is 50.7 Å². The first-order valence-corrected chi connectivity index (χ1v) is 6.22. The summed E-state index contributed by atoms with van der Waals surface area (Å²) >= 11 is 18.2. The molecule has 0 N–H and O–H groups in total. The summed E-state index contributed by atoms with van der Waals surface area (Å²) in [4.78, 5) is 4.27. The molecule has 0 spiro atoms. The zero-order valence-corrected chi connectivity index (χ0v) is 11.7. The molecule has 1 aromatic heterocycles. The number of rotatable bonds is 1. The number of aromatic nitrogens is 1. The molecule has 1 heterocycles. The minimum atomic E-state index is 0.383. The fraction of sp³-hybridized carbons (Fsp3) is 0.154. The number of nitrogens with zero attached hydrogens (tertiary/aromatic N) is 1. The molecule has 1 aromatic carbocycles. The van der Waals surface area contributed by atoms with Crippen LogP contribution in [0.1, 0.15) is 11.3 Å². The maximum Gasteiger partial charge on any atom is 0.0784 e. The molecule has 0 aliphatic carbocycles. The molecule has 0 aliphatic rings. The molecular weight excluding hydrogens is 277 g/mol. The van der Waals surface area contributed by atoms with Crippen LogP contribution in [0.25, 0.3) is 11.1 Å². The number of benzene rings is 1. The normalized spacial score (nSPS) is 10.6. The van der Waals surface area contributed by atoms with Crippen LogP contribution in [0.5, 0.6) is 0 Å². The number of hydrogen-bond donors (Lipinski definition) is 0. The SMILES string of the molecule is Cc1ccnc(C)c1-c1ccc(Cl)c(Cl)c1Cl. The number of aryl methyl sites for hydroxylation is 2. The van der Waals surface area contributed by atoms with Gasteiger partial charge in [-0.25, -0.2) is 0 Å². The topological polar surface area (TPSA) is 12.9 Å². The molecule has 0 radical (unpaired) electrons. The third-order valence-corrected chi connectivity index (χ3v) is 3.95. The minimum Gasteiger partial charge on any atom is -0.261 e. The Bertz CT molecular complexity index is 559. The molecule has 4 heteroatoms. The molecule has 0 fully saturated rings. The van der Waals surface area contributed by atoms with Crippen molar-refractivity contribution in [1.82, 2.24) is 4.98 Å². The fourth-order valence-corrected chi connectivity index (χ4v) is 2.45. The summed E-state index contributed by atoms with van der Waals surface area (Å²) in [5, 5.41) is 1.31. The minimum absolute atomic E-state index is 0.383. The molecule has 2 aromatic rings. The molecule has 0 saturated heterocycles. The summed E-state index contributed by atoms with van der Waals surface area (Å²) in [5.74, 6) is 0. The van der Waals surface area contributed by atoms with Crippen LogP contribution in [-0.4, -0.2) is 4.98 Å². The third-order valence-electron chi connectivity index (χ3n) is 2.65. The zero-order valence-electron chi connectivity index (χ0n) is 9.39. The third kappa shape index (κ3) is 2.28. The van der Waals surface area contributed by atoms with Gasteiger partial charge in [0.1, 0.15) is 0 Å². The van der Waals surface area contributed by atoms with Crippen molar-refractivity contribution in [3.8, 4) is 11.1 Å². The lowest BCUT2D eigenvalue weighted by Crippen LogP contribution is -1.92. The van der Waals surface area contributed by atoms with Crippen LogP contribution in [-0.2, 0) is 0 Å². The van der Waals surface area contributed by atoms with E-state index in [0.717, 1.165) is 22.4 Å². The van der Waals surface area contributed by atoms with Crippen molar-refractivity contribution >= 4 is 34.8 Å². The predicted molar refractivity (Wildman–Crippen MR) is 74.2 cm³/mol. The van der Waals surface area contributed by atoms with Gasteiger partial charge in [0.15, 0.2) is 0 Å². The highest BCUT2D eigenvalue weighted by atomic mass is 35.5. The lowest BCUT2D eigenvalue weighted by molar-refractivity contribution is 1.18. The van der Waals surface area contributed by atoms with Gasteiger partial charge in [0, 0.05) is 23.0 Å². The summed E-state index contributed by atoms with van der Waals surface area (Å²) in [6, 6.07) is 5.56. The van der Waals surface area contributed by atoms with E-state index in [4.69, 9.17) is 34.8 Å². The van der Waals surface area contributed by atoms with Crippen molar-refractivity contribution in [1.29, 1.82) is 0 Å². The van der Waals surface area contributed by atoms with E-state index in [-0.39, 0.29) is 0 Å². The van der Waals surface area contributed by atoms with Crippen LogP contribution < -0.4 is 0 Å². The van der Waals surface area contributed by atoms with E-state index in [1.54, 1.807) is 12.3 Å². The Balaban J connectivity index is 2.74. The molecule has 0 aliphatic heterocycles. The maximum absolute atomic E-state index is 6.23. The lowest BCUT2D eigenvalue weighted by atomic mass is 10.00. The Hall–Kier alpha value is -0.760. The Labute approximate surface area is 115 Å². The molecule has 17 heavy (non-hydrogen) atoms. The van der Waals surface area contributed by atoms with Crippen molar-refractivity contribution in [2.24, 2.45) is 0 Å². The molecule has 0 unspecified atom stereocenters. The van der Waals surface area contributed by atoms with Gasteiger partial charge in [0.25, 0.3) is 0 Å². The summed E-state index contributed by atoms with van der Waals surface area (Å²) in [7, 11) is 0. The van der Waals surface area contributed by atoms with Crippen molar-refractivity contribution in [3.63, 3.8) is 0 Å². The van der Waals surface area contributed by atoms with Crippen LogP contribution in [0, 0.1) is 13.8 Å². The van der Waals surface area contributed by atoms with E-state index in [0.29, 0.717) is 15.1 Å². The molecule has 88 valence electrons. The Morgan fingerprint density at radius 1 is 0.941 bits per heavy atom. The molecule has 1 nitrogen and oxygen atoms in total. The Morgan fingerprint density at radius 3 is 2.29 bits per heavy atom. The van der Waals surface area contributed by atoms with E-state index in [9.17, 15) is 0 Å². The van der Waals surface area contributed by atoms with Crippen molar-refractivity contribution in [2.75, 3.05) is 0 Å². The maximum atomic E-state index is 6.23. The Morgan fingerprint density at radius 2 is 1.65 bits per heavy atom. The average Bonchev–Trinajstić information content (AvgIpc) is 2.29. The van der Waals surface area contributed by atoms with Gasteiger partial charge in [-0.15, -0.1) is 0 Å². The highest BCUT2D eigenvalue weighted by Crippen LogP contribution is 2.39. The highest BCUT2D eigenvalue weighted by Gasteiger charge is 2.14.